The zero-order valence-electron chi connectivity index (χ0n) is 17.2. The van der Waals surface area contributed by atoms with Crippen molar-refractivity contribution in [2.24, 2.45) is 0 Å². The molecule has 0 aliphatic carbocycles. The third-order valence-electron chi connectivity index (χ3n) is 5.21. The topological polar surface area (TPSA) is 77.0 Å². The Balaban J connectivity index is 1.75. The largest absolute Gasteiger partial charge is 0.431 e. The lowest BCUT2D eigenvalue weighted by atomic mass is 10.1. The Morgan fingerprint density at radius 2 is 1.79 bits per heavy atom. The smallest absolute Gasteiger partial charge is 0.330 e. The number of nitriles is 1. The van der Waals surface area contributed by atoms with Crippen LogP contribution in [0.3, 0.4) is 0 Å². The average Bonchev–Trinajstić information content (AvgIpc) is 3.19. The highest BCUT2D eigenvalue weighted by atomic mass is 35.5. The van der Waals surface area contributed by atoms with Crippen molar-refractivity contribution < 1.29 is 18.0 Å². The molecule has 0 atom stereocenters. The zero-order valence-corrected chi connectivity index (χ0v) is 19.5. The van der Waals surface area contributed by atoms with E-state index in [0.29, 0.717) is 6.07 Å². The number of carbonyl (C=O) groups is 1. The maximum Gasteiger partial charge on any atom is 0.431 e. The van der Waals surface area contributed by atoms with Gasteiger partial charge in [-0.1, -0.05) is 59.2 Å². The number of hydrogen-bond acceptors (Lipinski definition) is 4. The molecule has 1 aromatic heterocycles. The Morgan fingerprint density at radius 1 is 1.12 bits per heavy atom. The van der Waals surface area contributed by atoms with Crippen molar-refractivity contribution in [2.75, 3.05) is 0 Å². The summed E-state index contributed by atoms with van der Waals surface area (Å²) in [6, 6.07) is 12.7. The quantitative estimate of drug-likeness (QED) is 0.449. The van der Waals surface area contributed by atoms with Crippen molar-refractivity contribution in [3.05, 3.63) is 90.8 Å². The van der Waals surface area contributed by atoms with Crippen LogP contribution in [0.5, 0.6) is 0 Å². The summed E-state index contributed by atoms with van der Waals surface area (Å²) in [7, 11) is 0. The van der Waals surface area contributed by atoms with Crippen LogP contribution in [0.15, 0.2) is 57.1 Å². The number of nitrogens with one attached hydrogen (secondary N) is 1. The molecule has 5 nitrogen and oxygen atoms in total. The molecule has 4 rings (SSSR count). The second-order valence-corrected chi connectivity index (χ2v) is 9.37. The molecule has 0 radical (unpaired) electrons. The number of rotatable bonds is 4. The Hall–Kier alpha value is -2.93. The molecule has 34 heavy (non-hydrogen) atoms. The number of hydrogen-bond donors (Lipinski definition) is 1. The SMILES string of the molecule is N#CCc1ccc2c(c1)CN(C(=O)c1c(Sc3c(Cl)cccc3Cl)cc(C(F)(F)F)[nH]c1=O)C2. The number of halogens is 5. The van der Waals surface area contributed by atoms with E-state index in [-0.39, 0.29) is 39.3 Å². The third kappa shape index (κ3) is 4.80. The number of fused-ring (bicyclic) bond motifs is 1. The predicted molar refractivity (Wildman–Crippen MR) is 122 cm³/mol. The summed E-state index contributed by atoms with van der Waals surface area (Å²) in [6.07, 6.45) is -4.62. The molecule has 0 bridgehead atoms. The fourth-order valence-electron chi connectivity index (χ4n) is 3.61. The predicted octanol–water partition coefficient (Wildman–Crippen LogP) is 6.07. The summed E-state index contributed by atoms with van der Waals surface area (Å²) < 4.78 is 40.2. The molecule has 3 aromatic rings. The number of aromatic nitrogens is 1. The van der Waals surface area contributed by atoms with E-state index in [1.54, 1.807) is 23.2 Å². The normalized spacial score (nSPS) is 13.0. The van der Waals surface area contributed by atoms with Crippen LogP contribution in [0.25, 0.3) is 0 Å². The van der Waals surface area contributed by atoms with Gasteiger partial charge in [0, 0.05) is 22.9 Å². The monoisotopic (exact) mass is 523 g/mol. The first kappa shape index (κ1) is 24.2. The molecule has 1 aliphatic heterocycles. The van der Waals surface area contributed by atoms with Crippen LogP contribution in [0.2, 0.25) is 10.0 Å². The molecule has 1 aliphatic rings. The van der Waals surface area contributed by atoms with E-state index in [0.717, 1.165) is 28.5 Å². The van der Waals surface area contributed by atoms with E-state index in [1.165, 1.54) is 17.0 Å². The average molecular weight is 524 g/mol. The Kier molecular flexibility index (Phi) is 6.67. The summed E-state index contributed by atoms with van der Waals surface area (Å²) in [5.74, 6) is -0.723. The number of amides is 1. The zero-order chi connectivity index (χ0) is 24.6. The van der Waals surface area contributed by atoms with Gasteiger partial charge in [-0.3, -0.25) is 9.59 Å². The van der Waals surface area contributed by atoms with Crippen LogP contribution in [0, 0.1) is 11.3 Å². The van der Waals surface area contributed by atoms with Gasteiger partial charge in [-0.25, -0.2) is 0 Å². The molecular weight excluding hydrogens is 510 g/mol. The maximum absolute atomic E-state index is 13.4. The molecule has 0 saturated heterocycles. The van der Waals surface area contributed by atoms with E-state index in [4.69, 9.17) is 28.5 Å². The number of alkyl halides is 3. The molecule has 1 N–H and O–H groups in total. The standard InChI is InChI=1S/C23H14Cl2F3N3O2S/c24-15-2-1-3-16(25)20(15)34-17-9-18(23(26,27)28)30-21(32)19(17)22(33)31-10-13-5-4-12(6-7-29)8-14(13)11-31/h1-5,8-9H,6,10-11H2,(H,30,32). The van der Waals surface area contributed by atoms with Crippen LogP contribution in [0.4, 0.5) is 13.2 Å². The van der Waals surface area contributed by atoms with Gasteiger partial charge in [-0.15, -0.1) is 0 Å². The minimum Gasteiger partial charge on any atom is -0.330 e. The molecule has 0 fully saturated rings. The number of carbonyl (C=O) groups excluding carboxylic acids is 1. The summed E-state index contributed by atoms with van der Waals surface area (Å²) in [5.41, 5.74) is -0.446. The van der Waals surface area contributed by atoms with Crippen molar-refractivity contribution >= 4 is 40.9 Å². The number of benzene rings is 2. The van der Waals surface area contributed by atoms with E-state index >= 15 is 0 Å². The van der Waals surface area contributed by atoms with Crippen molar-refractivity contribution in [3.8, 4) is 6.07 Å². The maximum atomic E-state index is 13.4. The highest BCUT2D eigenvalue weighted by Gasteiger charge is 2.35. The molecule has 174 valence electrons. The minimum absolute atomic E-state index is 0.158. The first-order valence-corrected chi connectivity index (χ1v) is 11.4. The molecule has 2 heterocycles. The number of pyridine rings is 1. The van der Waals surface area contributed by atoms with Gasteiger partial charge in [0.15, 0.2) is 0 Å². The molecule has 0 unspecified atom stereocenters. The Morgan fingerprint density at radius 3 is 2.44 bits per heavy atom. The van der Waals surface area contributed by atoms with Crippen LogP contribution >= 0.6 is 35.0 Å². The molecule has 0 saturated carbocycles. The summed E-state index contributed by atoms with van der Waals surface area (Å²) in [5, 5.41) is 9.24. The van der Waals surface area contributed by atoms with Crippen LogP contribution in [0.1, 0.15) is 32.7 Å². The summed E-state index contributed by atoms with van der Waals surface area (Å²) in [4.78, 5) is 29.3. The van der Waals surface area contributed by atoms with Crippen LogP contribution in [-0.4, -0.2) is 15.8 Å². The van der Waals surface area contributed by atoms with Crippen molar-refractivity contribution in [1.29, 1.82) is 5.26 Å². The lowest BCUT2D eigenvalue weighted by Crippen LogP contribution is -2.32. The van der Waals surface area contributed by atoms with Crippen molar-refractivity contribution in [3.63, 3.8) is 0 Å². The van der Waals surface area contributed by atoms with Gasteiger partial charge in [0.25, 0.3) is 11.5 Å². The minimum atomic E-state index is -4.83. The number of H-pyrrole nitrogens is 1. The van der Waals surface area contributed by atoms with Gasteiger partial charge in [-0.2, -0.15) is 18.4 Å². The Bertz CT molecular complexity index is 1380. The van der Waals surface area contributed by atoms with E-state index in [2.05, 4.69) is 6.07 Å². The lowest BCUT2D eigenvalue weighted by Gasteiger charge is -2.18. The van der Waals surface area contributed by atoms with Gasteiger partial charge in [0.05, 0.1) is 22.5 Å². The van der Waals surface area contributed by atoms with Crippen LogP contribution < -0.4 is 5.56 Å². The van der Waals surface area contributed by atoms with E-state index in [9.17, 15) is 22.8 Å². The highest BCUT2D eigenvalue weighted by molar-refractivity contribution is 7.99. The molecular formula is C23H14Cl2F3N3O2S. The molecule has 2 aromatic carbocycles. The Labute approximate surface area is 206 Å². The second kappa shape index (κ2) is 9.37. The second-order valence-electron chi connectivity index (χ2n) is 7.50. The summed E-state index contributed by atoms with van der Waals surface area (Å²) in [6.45, 7) is 0.337. The van der Waals surface area contributed by atoms with Gasteiger partial charge in [0.1, 0.15) is 11.3 Å². The van der Waals surface area contributed by atoms with Crippen molar-refractivity contribution in [2.45, 2.75) is 35.5 Å². The number of aromatic amines is 1. The summed E-state index contributed by atoms with van der Waals surface area (Å²) >= 11 is 13.1. The van der Waals surface area contributed by atoms with Gasteiger partial charge >= 0.3 is 6.18 Å². The van der Waals surface area contributed by atoms with Crippen LogP contribution in [-0.2, 0) is 25.7 Å². The van der Waals surface area contributed by atoms with E-state index < -0.39 is 28.9 Å². The first-order chi connectivity index (χ1) is 16.1. The lowest BCUT2D eigenvalue weighted by molar-refractivity contribution is -0.141. The van der Waals surface area contributed by atoms with Gasteiger partial charge in [0.2, 0.25) is 0 Å². The molecule has 0 spiro atoms. The molecule has 1 amide bonds. The highest BCUT2D eigenvalue weighted by Crippen LogP contribution is 2.41. The third-order valence-corrected chi connectivity index (χ3v) is 7.25. The number of nitrogens with zero attached hydrogens (tertiary/aromatic N) is 2. The van der Waals surface area contributed by atoms with Gasteiger partial charge in [-0.05, 0) is 34.9 Å². The van der Waals surface area contributed by atoms with Crippen molar-refractivity contribution in [1.82, 2.24) is 9.88 Å². The molecule has 11 heteroatoms. The van der Waals surface area contributed by atoms with E-state index in [1.807, 2.05) is 6.07 Å². The first-order valence-electron chi connectivity index (χ1n) is 9.81. The van der Waals surface area contributed by atoms with Gasteiger partial charge < -0.3 is 9.88 Å². The fraction of sp³-hybridized carbons (Fsp3) is 0.174. The fourth-order valence-corrected chi connectivity index (χ4v) is 5.25.